The molecule has 0 fully saturated rings. The Hall–Kier alpha value is -1.80. The molecule has 0 aliphatic rings. The van der Waals surface area contributed by atoms with E-state index >= 15 is 0 Å². The topological polar surface area (TPSA) is 26.3 Å². The summed E-state index contributed by atoms with van der Waals surface area (Å²) < 4.78 is 5.21. The van der Waals surface area contributed by atoms with Gasteiger partial charge in [0.05, 0.1) is 5.56 Å². The minimum atomic E-state index is -0.384. The van der Waals surface area contributed by atoms with Crippen molar-refractivity contribution in [3.63, 3.8) is 0 Å². The number of carbonyl (C=O) groups is 1. The lowest BCUT2D eigenvalue weighted by Crippen LogP contribution is -2.08. The van der Waals surface area contributed by atoms with E-state index in [2.05, 4.69) is 0 Å². The number of rotatable bonds is 2. The molecule has 0 saturated heterocycles. The molecule has 0 unspecified atom stereocenters. The summed E-state index contributed by atoms with van der Waals surface area (Å²) in [5.41, 5.74) is 1.60. The molecule has 0 aliphatic carbocycles. The van der Waals surface area contributed by atoms with Crippen LogP contribution >= 0.6 is 11.6 Å². The number of halogens is 1. The van der Waals surface area contributed by atoms with Crippen molar-refractivity contribution in [2.45, 2.75) is 14.4 Å². The summed E-state index contributed by atoms with van der Waals surface area (Å²) in [5, 5.41) is 0.594. The highest BCUT2D eigenvalue weighted by Crippen LogP contribution is 2.15. The van der Waals surface area contributed by atoms with Gasteiger partial charge in [-0.05, 0) is 43.3 Å². The number of benzene rings is 2. The van der Waals surface area contributed by atoms with Gasteiger partial charge in [-0.15, -0.1) is 0 Å². The fourth-order valence-electron chi connectivity index (χ4n) is 1.36. The van der Waals surface area contributed by atoms with Crippen LogP contribution in [0.4, 0.5) is 0 Å². The molecule has 0 radical (unpaired) electrons. The molecule has 0 atom stereocenters. The highest BCUT2D eigenvalue weighted by molar-refractivity contribution is 6.30. The van der Waals surface area contributed by atoms with Crippen molar-refractivity contribution in [3.05, 3.63) is 64.7 Å². The van der Waals surface area contributed by atoms with Gasteiger partial charge in [0, 0.05) is 5.02 Å². The number of carbonyl (C=O) groups excluding carboxylic acids is 1. The smallest absolute Gasteiger partial charge is 0.343 e. The molecule has 0 aliphatic heterocycles. The van der Waals surface area contributed by atoms with Crippen LogP contribution in [-0.2, 0) is 0 Å². The lowest BCUT2D eigenvalue weighted by Gasteiger charge is -2.04. The summed E-state index contributed by atoms with van der Waals surface area (Å²) in [5.74, 6) is 0.154. The Labute approximate surface area is 112 Å². The summed E-state index contributed by atoms with van der Waals surface area (Å²) in [6, 6.07) is 13.9. The number of esters is 1. The maximum Gasteiger partial charge on any atom is 0.343 e. The number of hydrogen-bond donors (Lipinski definition) is 0. The second-order valence-corrected chi connectivity index (χ2v) is 4.15. The van der Waals surface area contributed by atoms with Gasteiger partial charge < -0.3 is 4.74 Å². The second kappa shape index (κ2) is 6.22. The van der Waals surface area contributed by atoms with Gasteiger partial charge in [0.2, 0.25) is 0 Å². The number of hydrogen-bond acceptors (Lipinski definition) is 2. The average molecular weight is 263 g/mol. The van der Waals surface area contributed by atoms with Crippen molar-refractivity contribution in [2.75, 3.05) is 0 Å². The zero-order valence-electron chi connectivity index (χ0n) is 9.31. The molecule has 18 heavy (non-hydrogen) atoms. The van der Waals surface area contributed by atoms with Crippen molar-refractivity contribution in [3.8, 4) is 5.75 Å². The monoisotopic (exact) mass is 262 g/mol. The summed E-state index contributed by atoms with van der Waals surface area (Å²) in [4.78, 5) is 11.7. The van der Waals surface area contributed by atoms with E-state index in [1.807, 2.05) is 19.1 Å². The fourth-order valence-corrected chi connectivity index (χ4v) is 1.48. The summed E-state index contributed by atoms with van der Waals surface area (Å²) in [6.07, 6.45) is 0. The van der Waals surface area contributed by atoms with Crippen LogP contribution in [0.2, 0.25) is 5.02 Å². The normalized spacial score (nSPS) is 9.44. The van der Waals surface area contributed by atoms with Gasteiger partial charge in [-0.2, -0.15) is 0 Å². The molecule has 2 rings (SSSR count). The first-order valence-electron chi connectivity index (χ1n) is 5.19. The molecule has 3 heteroatoms. The van der Waals surface area contributed by atoms with Crippen LogP contribution in [0.15, 0.2) is 48.5 Å². The molecule has 2 aromatic carbocycles. The second-order valence-electron chi connectivity index (χ2n) is 3.71. The van der Waals surface area contributed by atoms with E-state index in [0.29, 0.717) is 16.3 Å². The van der Waals surface area contributed by atoms with E-state index in [1.54, 1.807) is 36.4 Å². The maximum absolute atomic E-state index is 11.7. The van der Waals surface area contributed by atoms with Crippen LogP contribution in [0.25, 0.3) is 0 Å². The van der Waals surface area contributed by atoms with Crippen LogP contribution < -0.4 is 4.74 Å². The minimum absolute atomic E-state index is 0. The zero-order valence-corrected chi connectivity index (χ0v) is 10.1. The fraction of sp³-hybridized carbons (Fsp3) is 0.133. The molecule has 0 spiro atoms. The SMILES string of the molecule is C.Cc1ccc(OC(=O)c2ccc(Cl)cc2)cc1. The third-order valence-electron chi connectivity index (χ3n) is 2.31. The molecule has 0 N–H and O–H groups in total. The van der Waals surface area contributed by atoms with Crippen molar-refractivity contribution in [1.82, 2.24) is 0 Å². The quantitative estimate of drug-likeness (QED) is 0.588. The van der Waals surface area contributed by atoms with E-state index in [1.165, 1.54) is 0 Å². The maximum atomic E-state index is 11.7. The van der Waals surface area contributed by atoms with Gasteiger partial charge in [-0.3, -0.25) is 0 Å². The molecule has 0 bridgehead atoms. The summed E-state index contributed by atoms with van der Waals surface area (Å²) in [6.45, 7) is 1.98. The summed E-state index contributed by atoms with van der Waals surface area (Å²) in [7, 11) is 0. The predicted molar refractivity (Wildman–Crippen MR) is 74.3 cm³/mol. The minimum Gasteiger partial charge on any atom is -0.423 e. The molecule has 2 aromatic rings. The highest BCUT2D eigenvalue weighted by atomic mass is 35.5. The first-order valence-corrected chi connectivity index (χ1v) is 5.57. The molecular formula is C15H15ClO2. The van der Waals surface area contributed by atoms with Crippen molar-refractivity contribution < 1.29 is 9.53 Å². The molecule has 0 heterocycles. The predicted octanol–water partition coefficient (Wildman–Crippen LogP) is 4.50. The van der Waals surface area contributed by atoms with Gasteiger partial charge in [-0.1, -0.05) is 36.7 Å². The lowest BCUT2D eigenvalue weighted by atomic mass is 10.2. The van der Waals surface area contributed by atoms with E-state index in [0.717, 1.165) is 5.56 Å². The van der Waals surface area contributed by atoms with Gasteiger partial charge in [0.1, 0.15) is 5.75 Å². The summed E-state index contributed by atoms with van der Waals surface area (Å²) >= 11 is 5.74. The Morgan fingerprint density at radius 3 is 2.11 bits per heavy atom. The Morgan fingerprint density at radius 2 is 1.56 bits per heavy atom. The first kappa shape index (κ1) is 14.3. The van der Waals surface area contributed by atoms with Crippen LogP contribution in [0.3, 0.4) is 0 Å². The van der Waals surface area contributed by atoms with E-state index in [-0.39, 0.29) is 13.4 Å². The molecule has 0 saturated carbocycles. The molecule has 0 amide bonds. The Kier molecular flexibility index (Phi) is 4.93. The first-order chi connectivity index (χ1) is 8.15. The van der Waals surface area contributed by atoms with Gasteiger partial charge in [0.15, 0.2) is 0 Å². The van der Waals surface area contributed by atoms with E-state index in [9.17, 15) is 4.79 Å². The largest absolute Gasteiger partial charge is 0.423 e. The van der Waals surface area contributed by atoms with E-state index in [4.69, 9.17) is 16.3 Å². The van der Waals surface area contributed by atoms with Crippen LogP contribution in [0.1, 0.15) is 23.3 Å². The van der Waals surface area contributed by atoms with Crippen molar-refractivity contribution >= 4 is 17.6 Å². The highest BCUT2D eigenvalue weighted by Gasteiger charge is 2.07. The van der Waals surface area contributed by atoms with Gasteiger partial charge in [-0.25, -0.2) is 4.79 Å². The third kappa shape index (κ3) is 3.60. The Balaban J connectivity index is 0.00000162. The Morgan fingerprint density at radius 1 is 1.00 bits per heavy atom. The Bertz CT molecular complexity index is 515. The zero-order chi connectivity index (χ0) is 12.3. The molecule has 2 nitrogen and oxygen atoms in total. The van der Waals surface area contributed by atoms with Crippen LogP contribution in [0, 0.1) is 6.92 Å². The molecular weight excluding hydrogens is 248 g/mol. The molecule has 94 valence electrons. The van der Waals surface area contributed by atoms with Crippen molar-refractivity contribution in [1.29, 1.82) is 0 Å². The van der Waals surface area contributed by atoms with Gasteiger partial charge in [0.25, 0.3) is 0 Å². The number of aryl methyl sites for hydroxylation is 1. The lowest BCUT2D eigenvalue weighted by molar-refractivity contribution is 0.0735. The van der Waals surface area contributed by atoms with E-state index < -0.39 is 0 Å². The molecule has 0 aromatic heterocycles. The standard InChI is InChI=1S/C14H11ClO2.CH4/c1-10-2-8-13(9-3-10)17-14(16)11-4-6-12(15)7-5-11;/h2-9H,1H3;1H4. The van der Waals surface area contributed by atoms with Gasteiger partial charge >= 0.3 is 5.97 Å². The number of ether oxygens (including phenoxy) is 1. The van der Waals surface area contributed by atoms with Crippen molar-refractivity contribution in [2.24, 2.45) is 0 Å². The average Bonchev–Trinajstić information content (AvgIpc) is 2.33. The van der Waals surface area contributed by atoms with Crippen LogP contribution in [0.5, 0.6) is 5.75 Å². The third-order valence-corrected chi connectivity index (χ3v) is 2.56. The van der Waals surface area contributed by atoms with Crippen LogP contribution in [-0.4, -0.2) is 5.97 Å².